The van der Waals surface area contributed by atoms with E-state index in [0.717, 1.165) is 17.3 Å². The molecule has 2 N–H and O–H groups in total. The first-order valence-corrected chi connectivity index (χ1v) is 9.64. The Labute approximate surface area is 179 Å². The van der Waals surface area contributed by atoms with Crippen LogP contribution >= 0.6 is 0 Å². The standard InChI is InChI=1S/C22H24FN5O3/c1-13-7-6-8-16(11-13)28-14(2)19(26-27-28)20(29)24-15-9-10-17(23)18(12-15)25-21(30)31-22(3,4)5/h6-12H,1-5H3,(H,24,29)(H,25,30). The number of aryl methyl sites for hydroxylation is 1. The van der Waals surface area contributed by atoms with Gasteiger partial charge in [-0.1, -0.05) is 17.3 Å². The average molecular weight is 425 g/mol. The summed E-state index contributed by atoms with van der Waals surface area (Å²) in [5, 5.41) is 13.0. The van der Waals surface area contributed by atoms with Gasteiger partial charge in [0.15, 0.2) is 5.69 Å². The predicted octanol–water partition coefficient (Wildman–Crippen LogP) is 4.62. The Morgan fingerprint density at radius 2 is 1.81 bits per heavy atom. The molecule has 0 saturated heterocycles. The third-order valence-corrected chi connectivity index (χ3v) is 4.22. The maximum Gasteiger partial charge on any atom is 0.412 e. The Kier molecular flexibility index (Phi) is 6.05. The number of carbonyl (C=O) groups excluding carboxylic acids is 2. The van der Waals surface area contributed by atoms with Crippen LogP contribution in [-0.2, 0) is 4.74 Å². The van der Waals surface area contributed by atoms with Gasteiger partial charge in [-0.15, -0.1) is 5.10 Å². The van der Waals surface area contributed by atoms with Crippen molar-refractivity contribution in [1.29, 1.82) is 0 Å². The number of hydrogen-bond donors (Lipinski definition) is 2. The zero-order chi connectivity index (χ0) is 22.8. The average Bonchev–Trinajstić information content (AvgIpc) is 3.04. The molecule has 0 aliphatic carbocycles. The van der Waals surface area contributed by atoms with Crippen LogP contribution in [0.25, 0.3) is 5.69 Å². The van der Waals surface area contributed by atoms with Crippen molar-refractivity contribution in [3.05, 3.63) is 65.2 Å². The maximum atomic E-state index is 14.1. The largest absolute Gasteiger partial charge is 0.444 e. The number of amides is 2. The SMILES string of the molecule is Cc1cccc(-n2nnc(C(=O)Nc3ccc(F)c(NC(=O)OC(C)(C)C)c3)c2C)c1. The van der Waals surface area contributed by atoms with Crippen LogP contribution in [0, 0.1) is 19.7 Å². The first kappa shape index (κ1) is 21.9. The van der Waals surface area contributed by atoms with E-state index in [0.29, 0.717) is 5.69 Å². The highest BCUT2D eigenvalue weighted by Gasteiger charge is 2.20. The van der Waals surface area contributed by atoms with Crippen molar-refractivity contribution in [2.24, 2.45) is 0 Å². The lowest BCUT2D eigenvalue weighted by Gasteiger charge is -2.20. The van der Waals surface area contributed by atoms with Crippen molar-refractivity contribution in [3.63, 3.8) is 0 Å². The molecule has 3 rings (SSSR count). The van der Waals surface area contributed by atoms with E-state index in [1.807, 2.05) is 31.2 Å². The molecule has 3 aromatic rings. The van der Waals surface area contributed by atoms with E-state index in [-0.39, 0.29) is 17.1 Å². The van der Waals surface area contributed by atoms with Crippen LogP contribution in [-0.4, -0.2) is 32.6 Å². The summed E-state index contributed by atoms with van der Waals surface area (Å²) >= 11 is 0. The third-order valence-electron chi connectivity index (χ3n) is 4.22. The summed E-state index contributed by atoms with van der Waals surface area (Å²) in [6.45, 7) is 8.79. The first-order chi connectivity index (χ1) is 14.5. The fraction of sp³-hybridized carbons (Fsp3) is 0.273. The third kappa shape index (κ3) is 5.44. The first-order valence-electron chi connectivity index (χ1n) is 9.64. The summed E-state index contributed by atoms with van der Waals surface area (Å²) < 4.78 is 20.8. The van der Waals surface area contributed by atoms with E-state index in [1.165, 1.54) is 12.1 Å². The Morgan fingerprint density at radius 3 is 2.48 bits per heavy atom. The molecule has 9 heteroatoms. The second-order valence-corrected chi connectivity index (χ2v) is 8.05. The molecule has 0 spiro atoms. The summed E-state index contributed by atoms with van der Waals surface area (Å²) in [6.07, 6.45) is -0.799. The topological polar surface area (TPSA) is 98.1 Å². The molecule has 0 aliphatic rings. The van der Waals surface area contributed by atoms with E-state index in [4.69, 9.17) is 4.74 Å². The summed E-state index contributed by atoms with van der Waals surface area (Å²) in [5.41, 5.74) is 1.95. The molecule has 0 aliphatic heterocycles. The predicted molar refractivity (Wildman–Crippen MR) is 115 cm³/mol. The molecular weight excluding hydrogens is 401 g/mol. The van der Waals surface area contributed by atoms with Gasteiger partial charge < -0.3 is 10.1 Å². The number of rotatable bonds is 4. The number of nitrogens with one attached hydrogen (secondary N) is 2. The number of benzene rings is 2. The molecule has 2 amide bonds. The zero-order valence-corrected chi connectivity index (χ0v) is 18.0. The molecule has 0 unspecified atom stereocenters. The van der Waals surface area contributed by atoms with Crippen LogP contribution in [0.4, 0.5) is 20.6 Å². The smallest absolute Gasteiger partial charge is 0.412 e. The Balaban J connectivity index is 1.77. The lowest BCUT2D eigenvalue weighted by molar-refractivity contribution is 0.0635. The minimum atomic E-state index is -0.799. The minimum Gasteiger partial charge on any atom is -0.444 e. The quantitative estimate of drug-likeness (QED) is 0.635. The van der Waals surface area contributed by atoms with Gasteiger partial charge in [0.1, 0.15) is 11.4 Å². The van der Waals surface area contributed by atoms with Crippen LogP contribution in [0.15, 0.2) is 42.5 Å². The molecule has 1 heterocycles. The molecule has 8 nitrogen and oxygen atoms in total. The van der Waals surface area contributed by atoms with Gasteiger partial charge in [-0.25, -0.2) is 13.9 Å². The van der Waals surface area contributed by atoms with E-state index in [1.54, 1.807) is 32.4 Å². The van der Waals surface area contributed by atoms with Gasteiger partial charge in [0.2, 0.25) is 0 Å². The van der Waals surface area contributed by atoms with Gasteiger partial charge >= 0.3 is 6.09 Å². The van der Waals surface area contributed by atoms with Gasteiger partial charge in [0.05, 0.1) is 17.1 Å². The van der Waals surface area contributed by atoms with E-state index < -0.39 is 23.4 Å². The number of carbonyl (C=O) groups is 2. The molecule has 0 fully saturated rings. The van der Waals surface area contributed by atoms with Crippen LogP contribution < -0.4 is 10.6 Å². The monoisotopic (exact) mass is 425 g/mol. The number of ether oxygens (including phenoxy) is 1. The van der Waals surface area contributed by atoms with Gasteiger partial charge in [0.25, 0.3) is 5.91 Å². The fourth-order valence-corrected chi connectivity index (χ4v) is 2.85. The molecule has 31 heavy (non-hydrogen) atoms. The lowest BCUT2D eigenvalue weighted by atomic mass is 10.2. The molecule has 162 valence electrons. The number of hydrogen-bond acceptors (Lipinski definition) is 5. The molecule has 0 bridgehead atoms. The van der Waals surface area contributed by atoms with Crippen molar-refractivity contribution >= 4 is 23.4 Å². The Bertz CT molecular complexity index is 1130. The van der Waals surface area contributed by atoms with Gasteiger partial charge in [-0.3, -0.25) is 10.1 Å². The molecular formula is C22H24FN5O3. The summed E-state index contributed by atoms with van der Waals surface area (Å²) in [4.78, 5) is 24.7. The highest BCUT2D eigenvalue weighted by molar-refractivity contribution is 6.04. The van der Waals surface area contributed by atoms with Crippen LogP contribution in [0.2, 0.25) is 0 Å². The van der Waals surface area contributed by atoms with Crippen molar-refractivity contribution in [3.8, 4) is 5.69 Å². The van der Waals surface area contributed by atoms with Crippen LogP contribution in [0.3, 0.4) is 0 Å². The van der Waals surface area contributed by atoms with E-state index >= 15 is 0 Å². The van der Waals surface area contributed by atoms with Crippen molar-refractivity contribution in [2.75, 3.05) is 10.6 Å². The molecule has 0 saturated carbocycles. The summed E-state index contributed by atoms with van der Waals surface area (Å²) in [6, 6.07) is 11.5. The van der Waals surface area contributed by atoms with Crippen molar-refractivity contribution < 1.29 is 18.7 Å². The van der Waals surface area contributed by atoms with Crippen LogP contribution in [0.5, 0.6) is 0 Å². The molecule has 2 aromatic carbocycles. The number of anilines is 2. The Morgan fingerprint density at radius 1 is 1.06 bits per heavy atom. The number of aromatic nitrogens is 3. The Hall–Kier alpha value is -3.75. The van der Waals surface area contributed by atoms with Crippen LogP contribution in [0.1, 0.15) is 42.5 Å². The summed E-state index contributed by atoms with van der Waals surface area (Å²) in [5.74, 6) is -1.17. The van der Waals surface area contributed by atoms with Gasteiger partial charge in [-0.2, -0.15) is 0 Å². The minimum absolute atomic E-state index is 0.118. The highest BCUT2D eigenvalue weighted by Crippen LogP contribution is 2.22. The van der Waals surface area contributed by atoms with Gasteiger partial charge in [0, 0.05) is 5.69 Å². The zero-order valence-electron chi connectivity index (χ0n) is 18.0. The number of halogens is 1. The van der Waals surface area contributed by atoms with E-state index in [2.05, 4.69) is 20.9 Å². The number of nitrogens with zero attached hydrogens (tertiary/aromatic N) is 3. The summed E-state index contributed by atoms with van der Waals surface area (Å²) in [7, 11) is 0. The molecule has 0 radical (unpaired) electrons. The second-order valence-electron chi connectivity index (χ2n) is 8.05. The maximum absolute atomic E-state index is 14.1. The highest BCUT2D eigenvalue weighted by atomic mass is 19.1. The second kappa shape index (κ2) is 8.55. The van der Waals surface area contributed by atoms with Gasteiger partial charge in [-0.05, 0) is 70.5 Å². The lowest BCUT2D eigenvalue weighted by Crippen LogP contribution is -2.27. The molecule has 0 atom stereocenters. The molecule has 1 aromatic heterocycles. The van der Waals surface area contributed by atoms with Crippen molar-refractivity contribution in [2.45, 2.75) is 40.2 Å². The van der Waals surface area contributed by atoms with Crippen molar-refractivity contribution in [1.82, 2.24) is 15.0 Å². The normalized spacial score (nSPS) is 11.2. The fourth-order valence-electron chi connectivity index (χ4n) is 2.85. The van der Waals surface area contributed by atoms with E-state index in [9.17, 15) is 14.0 Å².